The first-order valence-electron chi connectivity index (χ1n) is 5.17. The molecule has 0 aromatic carbocycles. The van der Waals surface area contributed by atoms with E-state index in [1.165, 1.54) is 0 Å². The number of halogens is 4. The van der Waals surface area contributed by atoms with Crippen LogP contribution in [0.4, 0.5) is 8.78 Å². The molecule has 0 radical (unpaired) electrons. The highest BCUT2D eigenvalue weighted by Gasteiger charge is 2.19. The SMILES string of the molecule is CCOC(=O)Cc1cc(Br)c(CBr)c(C(F)F)n1. The summed E-state index contributed by atoms with van der Waals surface area (Å²) in [4.78, 5) is 15.1. The Morgan fingerprint density at radius 1 is 1.56 bits per heavy atom. The van der Waals surface area contributed by atoms with Gasteiger partial charge in [-0.05, 0) is 13.0 Å². The lowest BCUT2D eigenvalue weighted by molar-refractivity contribution is -0.142. The van der Waals surface area contributed by atoms with E-state index in [4.69, 9.17) is 4.74 Å². The molecule has 0 aliphatic heterocycles. The number of alkyl halides is 3. The van der Waals surface area contributed by atoms with Crippen LogP contribution in [0.2, 0.25) is 0 Å². The summed E-state index contributed by atoms with van der Waals surface area (Å²) >= 11 is 6.33. The van der Waals surface area contributed by atoms with Crippen molar-refractivity contribution in [3.63, 3.8) is 0 Å². The molecule has 0 aliphatic carbocycles. The predicted molar refractivity (Wildman–Crippen MR) is 69.9 cm³/mol. The van der Waals surface area contributed by atoms with Gasteiger partial charge in [0.25, 0.3) is 6.43 Å². The van der Waals surface area contributed by atoms with Crippen LogP contribution in [0.5, 0.6) is 0 Å². The Kier molecular flexibility index (Phi) is 6.14. The molecule has 18 heavy (non-hydrogen) atoms. The Hall–Kier alpha value is -0.560. The van der Waals surface area contributed by atoms with Gasteiger partial charge in [-0.1, -0.05) is 31.9 Å². The van der Waals surface area contributed by atoms with E-state index in [-0.39, 0.29) is 29.7 Å². The fourth-order valence-corrected chi connectivity index (χ4v) is 2.95. The van der Waals surface area contributed by atoms with E-state index in [9.17, 15) is 13.6 Å². The number of aromatic nitrogens is 1. The second-order valence-corrected chi connectivity index (χ2v) is 4.79. The van der Waals surface area contributed by atoms with Gasteiger partial charge in [0.1, 0.15) is 5.69 Å². The van der Waals surface area contributed by atoms with Crippen LogP contribution in [0, 0.1) is 0 Å². The topological polar surface area (TPSA) is 39.2 Å². The molecular weight excluding hydrogens is 376 g/mol. The molecule has 1 heterocycles. The second-order valence-electron chi connectivity index (χ2n) is 3.38. The van der Waals surface area contributed by atoms with E-state index >= 15 is 0 Å². The van der Waals surface area contributed by atoms with Crippen molar-refractivity contribution in [1.82, 2.24) is 4.98 Å². The van der Waals surface area contributed by atoms with Crippen LogP contribution in [0.3, 0.4) is 0 Å². The van der Waals surface area contributed by atoms with Crippen molar-refractivity contribution >= 4 is 37.8 Å². The summed E-state index contributed by atoms with van der Waals surface area (Å²) in [6.07, 6.45) is -2.80. The first-order chi connectivity index (χ1) is 8.49. The molecule has 3 nitrogen and oxygen atoms in total. The molecule has 0 bridgehead atoms. The van der Waals surface area contributed by atoms with Crippen LogP contribution < -0.4 is 0 Å². The van der Waals surface area contributed by atoms with Crippen molar-refractivity contribution in [2.24, 2.45) is 0 Å². The summed E-state index contributed by atoms with van der Waals surface area (Å²) in [7, 11) is 0. The summed E-state index contributed by atoms with van der Waals surface area (Å²) in [5.41, 5.74) is 0.332. The quantitative estimate of drug-likeness (QED) is 0.571. The van der Waals surface area contributed by atoms with Crippen molar-refractivity contribution in [2.75, 3.05) is 6.61 Å². The minimum atomic E-state index is -2.68. The average molecular weight is 387 g/mol. The largest absolute Gasteiger partial charge is 0.466 e. The third kappa shape index (κ3) is 3.98. The van der Waals surface area contributed by atoms with Crippen LogP contribution in [0.15, 0.2) is 10.5 Å². The molecule has 0 saturated carbocycles. The Bertz CT molecular complexity index is 441. The summed E-state index contributed by atoms with van der Waals surface area (Å²) in [5, 5.41) is 0.264. The van der Waals surface area contributed by atoms with Gasteiger partial charge in [-0.25, -0.2) is 8.78 Å². The highest BCUT2D eigenvalue weighted by molar-refractivity contribution is 9.10. The molecular formula is C11H11Br2F2NO2. The van der Waals surface area contributed by atoms with Crippen molar-refractivity contribution in [3.8, 4) is 0 Å². The van der Waals surface area contributed by atoms with Gasteiger partial charge in [0.05, 0.1) is 18.7 Å². The lowest BCUT2D eigenvalue weighted by atomic mass is 10.1. The van der Waals surface area contributed by atoms with E-state index in [1.54, 1.807) is 13.0 Å². The predicted octanol–water partition coefficient (Wildman–Crippen LogP) is 3.78. The van der Waals surface area contributed by atoms with Crippen molar-refractivity contribution in [2.45, 2.75) is 25.1 Å². The highest BCUT2D eigenvalue weighted by Crippen LogP contribution is 2.29. The number of nitrogens with zero attached hydrogens (tertiary/aromatic N) is 1. The highest BCUT2D eigenvalue weighted by atomic mass is 79.9. The van der Waals surface area contributed by atoms with Crippen LogP contribution >= 0.6 is 31.9 Å². The van der Waals surface area contributed by atoms with Crippen LogP contribution in [0.1, 0.15) is 30.3 Å². The summed E-state index contributed by atoms with van der Waals surface area (Å²) in [6, 6.07) is 1.55. The van der Waals surface area contributed by atoms with E-state index in [0.717, 1.165) is 0 Å². The molecule has 100 valence electrons. The first kappa shape index (κ1) is 15.5. The van der Waals surface area contributed by atoms with Gasteiger partial charge < -0.3 is 4.74 Å². The Balaban J connectivity index is 3.05. The van der Waals surface area contributed by atoms with Gasteiger partial charge in [0, 0.05) is 15.4 Å². The summed E-state index contributed by atoms with van der Waals surface area (Å²) in [6.45, 7) is 1.93. The van der Waals surface area contributed by atoms with Crippen molar-refractivity contribution < 1.29 is 18.3 Å². The van der Waals surface area contributed by atoms with Gasteiger partial charge in [0.2, 0.25) is 0 Å². The molecule has 0 saturated heterocycles. The maximum atomic E-state index is 12.8. The zero-order valence-corrected chi connectivity index (χ0v) is 12.7. The number of pyridine rings is 1. The van der Waals surface area contributed by atoms with E-state index < -0.39 is 12.4 Å². The van der Waals surface area contributed by atoms with Crippen LogP contribution in [0.25, 0.3) is 0 Å². The van der Waals surface area contributed by atoms with Crippen molar-refractivity contribution in [3.05, 3.63) is 27.5 Å². The average Bonchev–Trinajstić information content (AvgIpc) is 2.28. The molecule has 1 aromatic heterocycles. The number of hydrogen-bond acceptors (Lipinski definition) is 3. The zero-order valence-electron chi connectivity index (χ0n) is 9.55. The van der Waals surface area contributed by atoms with Gasteiger partial charge in [-0.2, -0.15) is 0 Å². The minimum Gasteiger partial charge on any atom is -0.466 e. The molecule has 0 aliphatic rings. The minimum absolute atomic E-state index is 0.116. The number of carbonyl (C=O) groups is 1. The van der Waals surface area contributed by atoms with Crippen LogP contribution in [-0.4, -0.2) is 17.6 Å². The first-order valence-corrected chi connectivity index (χ1v) is 7.09. The number of hydrogen-bond donors (Lipinski definition) is 0. The van der Waals surface area contributed by atoms with E-state index in [1.807, 2.05) is 0 Å². The smallest absolute Gasteiger partial charge is 0.311 e. The molecule has 7 heteroatoms. The standard InChI is InChI=1S/C11H11Br2F2NO2/c1-2-18-9(17)4-6-3-8(13)7(5-12)10(16-6)11(14)15/h3,11H,2,4-5H2,1H3. The summed E-state index contributed by atoms with van der Waals surface area (Å²) < 4.78 is 30.9. The fourth-order valence-electron chi connectivity index (χ4n) is 1.37. The van der Waals surface area contributed by atoms with Crippen molar-refractivity contribution in [1.29, 1.82) is 0 Å². The molecule has 1 aromatic rings. The molecule has 0 amide bonds. The molecule has 0 unspecified atom stereocenters. The number of rotatable bonds is 5. The number of carbonyl (C=O) groups excluding carboxylic acids is 1. The number of ether oxygens (including phenoxy) is 1. The third-order valence-electron chi connectivity index (χ3n) is 2.13. The van der Waals surface area contributed by atoms with Gasteiger partial charge in [-0.15, -0.1) is 0 Å². The van der Waals surface area contributed by atoms with E-state index in [0.29, 0.717) is 10.0 Å². The second kappa shape index (κ2) is 7.13. The third-order valence-corrected chi connectivity index (χ3v) is 3.39. The Morgan fingerprint density at radius 2 is 2.22 bits per heavy atom. The maximum Gasteiger partial charge on any atom is 0.311 e. The monoisotopic (exact) mass is 385 g/mol. The van der Waals surface area contributed by atoms with Crippen LogP contribution in [-0.2, 0) is 21.3 Å². The summed E-state index contributed by atoms with van der Waals surface area (Å²) in [5.74, 6) is -0.483. The van der Waals surface area contributed by atoms with E-state index in [2.05, 4.69) is 36.8 Å². The van der Waals surface area contributed by atoms with Gasteiger partial charge >= 0.3 is 5.97 Å². The Labute approximate surface area is 120 Å². The zero-order chi connectivity index (χ0) is 13.7. The molecule has 0 fully saturated rings. The van der Waals surface area contributed by atoms with Gasteiger partial charge in [-0.3, -0.25) is 9.78 Å². The molecule has 1 rings (SSSR count). The fraction of sp³-hybridized carbons (Fsp3) is 0.455. The molecule has 0 N–H and O–H groups in total. The number of esters is 1. The Morgan fingerprint density at radius 3 is 2.72 bits per heavy atom. The van der Waals surface area contributed by atoms with Gasteiger partial charge in [0.15, 0.2) is 0 Å². The lowest BCUT2D eigenvalue weighted by Crippen LogP contribution is -2.11. The molecule has 0 atom stereocenters. The lowest BCUT2D eigenvalue weighted by Gasteiger charge is -2.10. The normalized spacial score (nSPS) is 10.8. The maximum absolute atomic E-state index is 12.8. The molecule has 0 spiro atoms.